The van der Waals surface area contributed by atoms with Crippen molar-refractivity contribution in [3.63, 3.8) is 0 Å². The molecule has 0 saturated carbocycles. The molecular formula is C16H22N2O3S. The van der Waals surface area contributed by atoms with E-state index < -0.39 is 10.1 Å². The zero-order valence-corrected chi connectivity index (χ0v) is 14.4. The van der Waals surface area contributed by atoms with Crippen molar-refractivity contribution in [3.8, 4) is 11.6 Å². The minimum absolute atomic E-state index is 0.0864. The lowest BCUT2D eigenvalue weighted by Crippen LogP contribution is -2.14. The zero-order valence-electron chi connectivity index (χ0n) is 13.6. The Labute approximate surface area is 132 Å². The summed E-state index contributed by atoms with van der Waals surface area (Å²) in [5.41, 5.74) is 2.46. The fraction of sp³-hybridized carbons (Fsp3) is 0.438. The topological polar surface area (TPSA) is 61.2 Å². The maximum atomic E-state index is 11.8. The van der Waals surface area contributed by atoms with Crippen molar-refractivity contribution >= 4 is 10.1 Å². The van der Waals surface area contributed by atoms with Gasteiger partial charge in [0.05, 0.1) is 17.1 Å². The molecule has 2 rings (SSSR count). The number of aromatic nitrogens is 2. The van der Waals surface area contributed by atoms with E-state index in [2.05, 4.69) is 5.10 Å². The molecule has 6 heteroatoms. The molecule has 1 aromatic heterocycles. The molecule has 0 radical (unpaired) electrons. The molecule has 1 heterocycles. The Bertz CT molecular complexity index is 754. The van der Waals surface area contributed by atoms with Gasteiger partial charge in [0.2, 0.25) is 5.88 Å². The quantitative estimate of drug-likeness (QED) is 0.811. The molecule has 0 aliphatic heterocycles. The zero-order chi connectivity index (χ0) is 16.5. The third kappa shape index (κ3) is 3.68. The molecule has 0 fully saturated rings. The number of benzene rings is 1. The second-order valence-electron chi connectivity index (χ2n) is 6.29. The van der Waals surface area contributed by atoms with E-state index in [0.717, 1.165) is 16.9 Å². The Morgan fingerprint density at radius 1 is 1.18 bits per heavy atom. The summed E-state index contributed by atoms with van der Waals surface area (Å²) >= 11 is 0. The molecule has 0 aliphatic rings. The first-order valence-electron chi connectivity index (χ1n) is 7.22. The summed E-state index contributed by atoms with van der Waals surface area (Å²) in [4.78, 5) is 0. The molecule has 5 nitrogen and oxygen atoms in total. The van der Waals surface area contributed by atoms with Crippen LogP contribution in [-0.4, -0.2) is 24.0 Å². The van der Waals surface area contributed by atoms with E-state index in [1.165, 1.54) is 4.68 Å². The fourth-order valence-corrected chi connectivity index (χ4v) is 2.35. The van der Waals surface area contributed by atoms with Gasteiger partial charge >= 0.3 is 10.1 Å². The molecule has 0 aliphatic carbocycles. The van der Waals surface area contributed by atoms with Crippen molar-refractivity contribution in [3.05, 3.63) is 41.6 Å². The van der Waals surface area contributed by atoms with Gasteiger partial charge in [-0.25, -0.2) is 0 Å². The molecule has 120 valence electrons. The Balaban J connectivity index is 2.55. The highest BCUT2D eigenvalue weighted by Gasteiger charge is 2.23. The molecule has 1 aromatic carbocycles. The van der Waals surface area contributed by atoms with Crippen LogP contribution in [-0.2, 0) is 15.5 Å². The first kappa shape index (κ1) is 16.5. The minimum Gasteiger partial charge on any atom is -0.361 e. The van der Waals surface area contributed by atoms with Crippen LogP contribution in [0.1, 0.15) is 39.0 Å². The summed E-state index contributed by atoms with van der Waals surface area (Å²) in [5, 5.41) is 4.53. The average molecular weight is 322 g/mol. The molecule has 0 N–H and O–H groups in total. The van der Waals surface area contributed by atoms with Crippen LogP contribution in [0.3, 0.4) is 0 Å². The summed E-state index contributed by atoms with van der Waals surface area (Å²) in [6, 6.07) is 9.37. The molecule has 0 amide bonds. The van der Waals surface area contributed by atoms with E-state index in [1.807, 2.05) is 52.0 Å². The molecule has 0 atom stereocenters. The highest BCUT2D eigenvalue weighted by molar-refractivity contribution is 7.87. The maximum absolute atomic E-state index is 11.8. The van der Waals surface area contributed by atoms with Gasteiger partial charge in [0.15, 0.2) is 0 Å². The van der Waals surface area contributed by atoms with Gasteiger partial charge in [0.25, 0.3) is 0 Å². The van der Waals surface area contributed by atoms with Crippen LogP contribution in [0, 0.1) is 6.92 Å². The van der Waals surface area contributed by atoms with E-state index in [4.69, 9.17) is 4.18 Å². The summed E-state index contributed by atoms with van der Waals surface area (Å²) in [5.74, 6) is 0.132. The fourth-order valence-electron chi connectivity index (χ4n) is 1.85. The normalized spacial score (nSPS) is 12.4. The van der Waals surface area contributed by atoms with E-state index in [9.17, 15) is 8.42 Å². The third-order valence-corrected chi connectivity index (χ3v) is 4.42. The molecule has 22 heavy (non-hydrogen) atoms. The average Bonchev–Trinajstić information content (AvgIpc) is 2.83. The van der Waals surface area contributed by atoms with Gasteiger partial charge in [-0.3, -0.25) is 0 Å². The second-order valence-corrected chi connectivity index (χ2v) is 8.15. The standard InChI is InChI=1S/C16H22N2O3S/c1-6-22(19,20)21-15-11-14(16(3,4)5)17-18(15)13-9-7-12(2)8-10-13/h7-11H,6H2,1-5H3. The van der Waals surface area contributed by atoms with Gasteiger partial charge in [-0.2, -0.15) is 18.2 Å². The molecule has 0 spiro atoms. The van der Waals surface area contributed by atoms with Crippen molar-refractivity contribution in [1.29, 1.82) is 0 Å². The van der Waals surface area contributed by atoms with E-state index in [1.54, 1.807) is 13.0 Å². The summed E-state index contributed by atoms with van der Waals surface area (Å²) in [6.45, 7) is 9.60. The van der Waals surface area contributed by atoms with Crippen LogP contribution >= 0.6 is 0 Å². The number of aryl methyl sites for hydroxylation is 1. The van der Waals surface area contributed by atoms with Crippen LogP contribution in [0.5, 0.6) is 5.88 Å². The summed E-state index contributed by atoms with van der Waals surface area (Å²) < 4.78 is 30.4. The summed E-state index contributed by atoms with van der Waals surface area (Å²) in [6.07, 6.45) is 0. The van der Waals surface area contributed by atoms with Crippen molar-refractivity contribution in [1.82, 2.24) is 9.78 Å². The number of nitrogens with zero attached hydrogens (tertiary/aromatic N) is 2. The van der Waals surface area contributed by atoms with Crippen LogP contribution in [0.15, 0.2) is 30.3 Å². The first-order chi connectivity index (χ1) is 10.1. The SMILES string of the molecule is CCS(=O)(=O)Oc1cc(C(C)(C)C)nn1-c1ccc(C)cc1. The Kier molecular flexibility index (Phi) is 4.33. The van der Waals surface area contributed by atoms with Crippen molar-refractivity contribution in [2.45, 2.75) is 40.0 Å². The predicted molar refractivity (Wildman–Crippen MR) is 87.1 cm³/mol. The van der Waals surface area contributed by atoms with Crippen molar-refractivity contribution < 1.29 is 12.6 Å². The highest BCUT2D eigenvalue weighted by Crippen LogP contribution is 2.28. The summed E-state index contributed by atoms with van der Waals surface area (Å²) in [7, 11) is -3.60. The lowest BCUT2D eigenvalue weighted by atomic mass is 9.93. The van der Waals surface area contributed by atoms with Gasteiger partial charge in [0, 0.05) is 11.5 Å². The minimum atomic E-state index is -3.60. The predicted octanol–water partition coefficient (Wildman–Crippen LogP) is 3.21. The van der Waals surface area contributed by atoms with Gasteiger partial charge in [-0.1, -0.05) is 38.5 Å². The third-order valence-electron chi connectivity index (χ3n) is 3.29. The first-order valence-corrected chi connectivity index (χ1v) is 8.80. The van der Waals surface area contributed by atoms with Gasteiger partial charge < -0.3 is 4.18 Å². The van der Waals surface area contributed by atoms with Crippen LogP contribution < -0.4 is 4.18 Å². The largest absolute Gasteiger partial charge is 0.361 e. The second kappa shape index (κ2) is 5.76. The molecular weight excluding hydrogens is 300 g/mol. The van der Waals surface area contributed by atoms with E-state index >= 15 is 0 Å². The maximum Gasteiger partial charge on any atom is 0.310 e. The smallest absolute Gasteiger partial charge is 0.310 e. The Morgan fingerprint density at radius 2 is 1.77 bits per heavy atom. The number of rotatable bonds is 4. The van der Waals surface area contributed by atoms with E-state index in [-0.39, 0.29) is 17.0 Å². The van der Waals surface area contributed by atoms with Crippen LogP contribution in [0.25, 0.3) is 5.69 Å². The lowest BCUT2D eigenvalue weighted by molar-refractivity contribution is 0.466. The number of hydrogen-bond acceptors (Lipinski definition) is 4. The number of hydrogen-bond donors (Lipinski definition) is 0. The molecule has 2 aromatic rings. The van der Waals surface area contributed by atoms with Gasteiger partial charge in [0.1, 0.15) is 0 Å². The van der Waals surface area contributed by atoms with Crippen molar-refractivity contribution in [2.24, 2.45) is 0 Å². The highest BCUT2D eigenvalue weighted by atomic mass is 32.2. The lowest BCUT2D eigenvalue weighted by Gasteiger charge is -2.13. The molecule has 0 bridgehead atoms. The van der Waals surface area contributed by atoms with Gasteiger partial charge in [-0.15, -0.1) is 0 Å². The van der Waals surface area contributed by atoms with Crippen LogP contribution in [0.2, 0.25) is 0 Å². The molecule has 0 saturated heterocycles. The van der Waals surface area contributed by atoms with Crippen LogP contribution in [0.4, 0.5) is 0 Å². The van der Waals surface area contributed by atoms with Gasteiger partial charge in [-0.05, 0) is 26.0 Å². The van der Waals surface area contributed by atoms with E-state index in [0.29, 0.717) is 0 Å². The monoisotopic (exact) mass is 322 g/mol. The Hall–Kier alpha value is -1.82. The van der Waals surface area contributed by atoms with Crippen molar-refractivity contribution in [2.75, 3.05) is 5.75 Å². The molecule has 0 unspecified atom stereocenters. The Morgan fingerprint density at radius 3 is 2.27 bits per heavy atom.